The van der Waals surface area contributed by atoms with Crippen LogP contribution in [-0.2, 0) is 10.0 Å². The van der Waals surface area contributed by atoms with E-state index in [1.165, 1.54) is 16.4 Å². The van der Waals surface area contributed by atoms with Crippen molar-refractivity contribution in [3.63, 3.8) is 0 Å². The smallest absolute Gasteiger partial charge is 0.293 e. The Hall–Kier alpha value is -1.71. The monoisotopic (exact) mass is 397 g/mol. The van der Waals surface area contributed by atoms with E-state index in [1.807, 2.05) is 6.92 Å². The molecule has 0 amide bonds. The van der Waals surface area contributed by atoms with Crippen molar-refractivity contribution in [2.24, 2.45) is 5.92 Å². The summed E-state index contributed by atoms with van der Waals surface area (Å²) in [4.78, 5) is 11.0. The summed E-state index contributed by atoms with van der Waals surface area (Å²) < 4.78 is 27.2. The first-order valence-corrected chi connectivity index (χ1v) is 10.9. The highest BCUT2D eigenvalue weighted by atomic mass is 32.2. The van der Waals surface area contributed by atoms with Crippen molar-refractivity contribution in [1.82, 2.24) is 4.31 Å². The van der Waals surface area contributed by atoms with Crippen molar-refractivity contribution in [3.8, 4) is 0 Å². The molecule has 1 saturated heterocycles. The number of piperidine rings is 1. The van der Waals surface area contributed by atoms with Gasteiger partial charge in [0.1, 0.15) is 5.69 Å². The Morgan fingerprint density at radius 3 is 2.56 bits per heavy atom. The normalized spacial score (nSPS) is 27.3. The first-order chi connectivity index (χ1) is 12.8. The second kappa shape index (κ2) is 8.12. The van der Waals surface area contributed by atoms with Gasteiger partial charge in [0.15, 0.2) is 0 Å². The van der Waals surface area contributed by atoms with E-state index in [0.717, 1.165) is 31.7 Å². The van der Waals surface area contributed by atoms with Crippen LogP contribution in [0.25, 0.3) is 0 Å². The first-order valence-electron chi connectivity index (χ1n) is 9.50. The van der Waals surface area contributed by atoms with Gasteiger partial charge in [-0.1, -0.05) is 6.92 Å². The fraction of sp³-hybridized carbons (Fsp3) is 0.667. The lowest BCUT2D eigenvalue weighted by Gasteiger charge is -2.30. The van der Waals surface area contributed by atoms with Gasteiger partial charge < -0.3 is 10.4 Å². The summed E-state index contributed by atoms with van der Waals surface area (Å²) in [5, 5.41) is 24.3. The zero-order chi connectivity index (χ0) is 19.6. The standard InChI is InChI=1S/C18H27N3O5S/c1-13-3-2-10-20(12-13)27(25,26)16-8-9-17(18(11-16)21(23)24)19-14-4-6-15(22)7-5-14/h8-9,11,13-15,19,22H,2-7,10,12H2,1H3. The lowest BCUT2D eigenvalue weighted by Crippen LogP contribution is -2.39. The van der Waals surface area contributed by atoms with Crippen LogP contribution in [0.5, 0.6) is 0 Å². The SMILES string of the molecule is CC1CCCN(S(=O)(=O)c2ccc(NC3CCC(O)CC3)c([N+](=O)[O-])c2)C1. The van der Waals surface area contributed by atoms with Gasteiger partial charge in [0, 0.05) is 25.2 Å². The third-order valence-corrected chi connectivity index (χ3v) is 7.34. The highest BCUT2D eigenvalue weighted by Crippen LogP contribution is 2.32. The highest BCUT2D eigenvalue weighted by Gasteiger charge is 2.31. The van der Waals surface area contributed by atoms with Crippen LogP contribution < -0.4 is 5.32 Å². The van der Waals surface area contributed by atoms with Crippen LogP contribution in [-0.4, -0.2) is 48.0 Å². The number of nitrogens with one attached hydrogen (secondary N) is 1. The molecular weight excluding hydrogens is 370 g/mol. The van der Waals surface area contributed by atoms with Crippen LogP contribution in [0, 0.1) is 16.0 Å². The number of anilines is 1. The summed E-state index contributed by atoms with van der Waals surface area (Å²) in [6.07, 6.45) is 4.25. The lowest BCUT2D eigenvalue weighted by molar-refractivity contribution is -0.384. The zero-order valence-electron chi connectivity index (χ0n) is 15.5. The van der Waals surface area contributed by atoms with Crippen LogP contribution in [0.1, 0.15) is 45.4 Å². The number of hydrogen-bond donors (Lipinski definition) is 2. The van der Waals surface area contributed by atoms with E-state index in [9.17, 15) is 23.6 Å². The Morgan fingerprint density at radius 2 is 1.93 bits per heavy atom. The molecule has 2 N–H and O–H groups in total. The molecule has 1 aliphatic heterocycles. The maximum Gasteiger partial charge on any atom is 0.293 e. The first kappa shape index (κ1) is 20.0. The third-order valence-electron chi connectivity index (χ3n) is 5.48. The molecule has 8 nitrogen and oxygen atoms in total. The summed E-state index contributed by atoms with van der Waals surface area (Å²) in [5.74, 6) is 0.283. The molecule has 3 rings (SSSR count). The van der Waals surface area contributed by atoms with Crippen molar-refractivity contribution in [3.05, 3.63) is 28.3 Å². The highest BCUT2D eigenvalue weighted by molar-refractivity contribution is 7.89. The summed E-state index contributed by atoms with van der Waals surface area (Å²) in [5.41, 5.74) is 0.0969. The molecule has 0 radical (unpaired) electrons. The number of sulfonamides is 1. The third kappa shape index (κ3) is 4.59. The molecule has 0 spiro atoms. The predicted octanol–water partition coefficient (Wildman–Crippen LogP) is 2.73. The molecule has 0 aromatic heterocycles. The van der Waals surface area contributed by atoms with Gasteiger partial charge in [0.25, 0.3) is 5.69 Å². The molecular formula is C18H27N3O5S. The van der Waals surface area contributed by atoms with Gasteiger partial charge >= 0.3 is 0 Å². The molecule has 1 unspecified atom stereocenters. The molecule has 1 atom stereocenters. The van der Waals surface area contributed by atoms with E-state index >= 15 is 0 Å². The van der Waals surface area contributed by atoms with E-state index < -0.39 is 14.9 Å². The van der Waals surface area contributed by atoms with Crippen molar-refractivity contribution in [2.45, 2.75) is 62.5 Å². The molecule has 1 saturated carbocycles. The van der Waals surface area contributed by atoms with Crippen molar-refractivity contribution < 1.29 is 18.4 Å². The van der Waals surface area contributed by atoms with E-state index in [1.54, 1.807) is 0 Å². The van der Waals surface area contributed by atoms with Crippen molar-refractivity contribution >= 4 is 21.4 Å². The fourth-order valence-electron chi connectivity index (χ4n) is 3.90. The number of benzene rings is 1. The summed E-state index contributed by atoms with van der Waals surface area (Å²) in [6.45, 7) is 2.91. The number of rotatable bonds is 5. The van der Waals surface area contributed by atoms with Gasteiger partial charge in [-0.2, -0.15) is 4.31 Å². The Morgan fingerprint density at radius 1 is 1.22 bits per heavy atom. The largest absolute Gasteiger partial charge is 0.393 e. The van der Waals surface area contributed by atoms with Crippen LogP contribution in [0.4, 0.5) is 11.4 Å². The van der Waals surface area contributed by atoms with Crippen LogP contribution in [0.3, 0.4) is 0 Å². The summed E-state index contributed by atoms with van der Waals surface area (Å²) in [6, 6.07) is 4.14. The maximum absolute atomic E-state index is 12.9. The zero-order valence-corrected chi connectivity index (χ0v) is 16.3. The topological polar surface area (TPSA) is 113 Å². The van der Waals surface area contributed by atoms with Gasteiger partial charge in [-0.3, -0.25) is 10.1 Å². The Bertz CT molecular complexity index is 790. The summed E-state index contributed by atoms with van der Waals surface area (Å²) >= 11 is 0. The quantitative estimate of drug-likeness (QED) is 0.583. The predicted molar refractivity (Wildman–Crippen MR) is 102 cm³/mol. The number of hydrogen-bond acceptors (Lipinski definition) is 6. The molecule has 1 heterocycles. The van der Waals surface area contributed by atoms with E-state index in [2.05, 4.69) is 5.32 Å². The Kier molecular flexibility index (Phi) is 6.02. The van der Waals surface area contributed by atoms with Gasteiger partial charge in [-0.05, 0) is 56.6 Å². The number of nitro groups is 1. The molecule has 9 heteroatoms. The van der Waals surface area contributed by atoms with Crippen LogP contribution in [0.2, 0.25) is 0 Å². The van der Waals surface area contributed by atoms with Crippen molar-refractivity contribution in [2.75, 3.05) is 18.4 Å². The average Bonchev–Trinajstić information content (AvgIpc) is 2.63. The molecule has 2 aliphatic rings. The average molecular weight is 397 g/mol. The summed E-state index contributed by atoms with van der Waals surface area (Å²) in [7, 11) is -3.74. The Labute approximate surface area is 159 Å². The molecule has 1 aromatic rings. The molecule has 27 heavy (non-hydrogen) atoms. The van der Waals surface area contributed by atoms with Gasteiger partial charge in [0.05, 0.1) is 15.9 Å². The van der Waals surface area contributed by atoms with Gasteiger partial charge in [0.2, 0.25) is 10.0 Å². The molecule has 1 aromatic carbocycles. The second-order valence-electron chi connectivity index (χ2n) is 7.70. The second-order valence-corrected chi connectivity index (χ2v) is 9.63. The minimum Gasteiger partial charge on any atom is -0.393 e. The lowest BCUT2D eigenvalue weighted by atomic mass is 9.93. The molecule has 150 valence electrons. The van der Waals surface area contributed by atoms with E-state index in [4.69, 9.17) is 0 Å². The van der Waals surface area contributed by atoms with E-state index in [0.29, 0.717) is 31.6 Å². The minimum absolute atomic E-state index is 0.0343. The fourth-order valence-corrected chi connectivity index (χ4v) is 5.52. The number of aliphatic hydroxyl groups is 1. The number of nitrogens with zero attached hydrogens (tertiary/aromatic N) is 2. The van der Waals surface area contributed by atoms with Crippen molar-refractivity contribution in [1.29, 1.82) is 0 Å². The van der Waals surface area contributed by atoms with Crippen LogP contribution in [0.15, 0.2) is 23.1 Å². The maximum atomic E-state index is 12.9. The van der Waals surface area contributed by atoms with Gasteiger partial charge in [-0.15, -0.1) is 0 Å². The molecule has 1 aliphatic carbocycles. The molecule has 2 fully saturated rings. The Balaban J connectivity index is 1.83. The minimum atomic E-state index is -3.74. The number of nitro benzene ring substituents is 1. The van der Waals surface area contributed by atoms with Gasteiger partial charge in [-0.25, -0.2) is 8.42 Å². The molecule has 0 bridgehead atoms. The number of aliphatic hydroxyl groups excluding tert-OH is 1. The van der Waals surface area contributed by atoms with Crippen LogP contribution >= 0.6 is 0 Å². The van der Waals surface area contributed by atoms with E-state index in [-0.39, 0.29) is 28.6 Å².